The first-order valence-corrected chi connectivity index (χ1v) is 10.4. The molecule has 0 atom stereocenters. The number of pyridine rings is 1. The summed E-state index contributed by atoms with van der Waals surface area (Å²) in [6.07, 6.45) is 5.68. The summed E-state index contributed by atoms with van der Waals surface area (Å²) in [5.74, 6) is 0.184. The Morgan fingerprint density at radius 1 is 0.968 bits per heavy atom. The van der Waals surface area contributed by atoms with Crippen LogP contribution in [0.5, 0.6) is 0 Å². The highest BCUT2D eigenvalue weighted by Gasteiger charge is 2.13. The molecular formula is C24H24FN5O. The fourth-order valence-corrected chi connectivity index (χ4v) is 4.02. The van der Waals surface area contributed by atoms with Crippen LogP contribution in [0.1, 0.15) is 0 Å². The van der Waals surface area contributed by atoms with Gasteiger partial charge in [0.25, 0.3) is 0 Å². The van der Waals surface area contributed by atoms with Crippen LogP contribution in [0.3, 0.4) is 0 Å². The normalized spacial score (nSPS) is 14.9. The van der Waals surface area contributed by atoms with Gasteiger partial charge in [0.1, 0.15) is 11.6 Å². The van der Waals surface area contributed by atoms with Crippen molar-refractivity contribution in [2.45, 2.75) is 6.54 Å². The van der Waals surface area contributed by atoms with Crippen LogP contribution in [0.25, 0.3) is 33.2 Å². The fourth-order valence-electron chi connectivity index (χ4n) is 4.02. The van der Waals surface area contributed by atoms with E-state index in [0.717, 1.165) is 72.5 Å². The van der Waals surface area contributed by atoms with E-state index in [1.165, 1.54) is 12.1 Å². The van der Waals surface area contributed by atoms with E-state index in [0.29, 0.717) is 5.82 Å². The first-order valence-electron chi connectivity index (χ1n) is 10.4. The van der Waals surface area contributed by atoms with Crippen molar-refractivity contribution in [3.63, 3.8) is 0 Å². The number of nitrogens with zero attached hydrogens (tertiary/aromatic N) is 4. The highest BCUT2D eigenvalue weighted by Crippen LogP contribution is 2.33. The van der Waals surface area contributed by atoms with Crippen LogP contribution >= 0.6 is 0 Å². The average molecular weight is 417 g/mol. The van der Waals surface area contributed by atoms with E-state index < -0.39 is 0 Å². The zero-order chi connectivity index (χ0) is 21.2. The van der Waals surface area contributed by atoms with Crippen molar-refractivity contribution in [1.29, 1.82) is 0 Å². The van der Waals surface area contributed by atoms with Gasteiger partial charge in [0.05, 0.1) is 25.2 Å². The molecule has 0 aliphatic carbocycles. The van der Waals surface area contributed by atoms with Crippen LogP contribution in [0.2, 0.25) is 0 Å². The van der Waals surface area contributed by atoms with Crippen molar-refractivity contribution in [2.75, 3.05) is 38.6 Å². The van der Waals surface area contributed by atoms with Crippen molar-refractivity contribution >= 4 is 16.6 Å². The number of aromatic nitrogens is 3. The first kappa shape index (κ1) is 19.7. The largest absolute Gasteiger partial charge is 0.383 e. The quantitative estimate of drug-likeness (QED) is 0.535. The molecule has 5 rings (SSSR count). The number of anilines is 1. The molecule has 31 heavy (non-hydrogen) atoms. The molecule has 0 amide bonds. The molecule has 0 spiro atoms. The van der Waals surface area contributed by atoms with Crippen LogP contribution < -0.4 is 5.73 Å². The minimum absolute atomic E-state index is 0.264. The van der Waals surface area contributed by atoms with Gasteiger partial charge in [0.2, 0.25) is 0 Å². The highest BCUT2D eigenvalue weighted by atomic mass is 19.1. The number of nitrogen functional groups attached to an aromatic ring is 1. The van der Waals surface area contributed by atoms with Gasteiger partial charge in [-0.15, -0.1) is 0 Å². The Bertz CT molecular complexity index is 1220. The zero-order valence-electron chi connectivity index (χ0n) is 17.2. The van der Waals surface area contributed by atoms with E-state index in [4.69, 9.17) is 10.5 Å². The Kier molecular flexibility index (Phi) is 5.36. The summed E-state index contributed by atoms with van der Waals surface area (Å²) in [6, 6.07) is 12.5. The van der Waals surface area contributed by atoms with E-state index in [2.05, 4.69) is 19.4 Å². The molecule has 6 nitrogen and oxygen atoms in total. The van der Waals surface area contributed by atoms with Crippen molar-refractivity contribution in [3.8, 4) is 22.4 Å². The summed E-state index contributed by atoms with van der Waals surface area (Å²) in [4.78, 5) is 11.4. The Balaban J connectivity index is 1.44. The summed E-state index contributed by atoms with van der Waals surface area (Å²) in [5.41, 5.74) is 9.68. The van der Waals surface area contributed by atoms with Gasteiger partial charge in [-0.25, -0.2) is 14.4 Å². The monoisotopic (exact) mass is 417 g/mol. The summed E-state index contributed by atoms with van der Waals surface area (Å²) < 4.78 is 21.2. The third-order valence-corrected chi connectivity index (χ3v) is 5.76. The lowest BCUT2D eigenvalue weighted by Crippen LogP contribution is -2.38. The van der Waals surface area contributed by atoms with Crippen LogP contribution in [-0.2, 0) is 11.3 Å². The molecule has 1 aliphatic heterocycles. The van der Waals surface area contributed by atoms with Gasteiger partial charge >= 0.3 is 0 Å². The topological polar surface area (TPSA) is 69.2 Å². The Labute approximate surface area is 180 Å². The van der Waals surface area contributed by atoms with E-state index in [9.17, 15) is 4.39 Å². The number of ether oxygens (including phenoxy) is 1. The van der Waals surface area contributed by atoms with E-state index in [-0.39, 0.29) is 5.82 Å². The Morgan fingerprint density at radius 3 is 2.65 bits per heavy atom. The standard InChI is InChI=1S/C24H24FN5O/c25-19-3-1-2-17(12-19)18-4-5-20-21(13-18)24(26)27-14-22(20)23-15-30(16-28-23)7-6-29-8-10-31-11-9-29/h1-5,12-16H,6-11H2,(H2,26,27). The summed E-state index contributed by atoms with van der Waals surface area (Å²) in [7, 11) is 0. The van der Waals surface area contributed by atoms with Gasteiger partial charge in [0.15, 0.2) is 0 Å². The van der Waals surface area contributed by atoms with Gasteiger partial charge in [0, 0.05) is 49.5 Å². The van der Waals surface area contributed by atoms with Crippen LogP contribution in [0.15, 0.2) is 61.2 Å². The molecule has 0 radical (unpaired) electrons. The number of benzene rings is 2. The number of rotatable bonds is 5. The second-order valence-corrected chi connectivity index (χ2v) is 7.78. The molecule has 4 aromatic rings. The van der Waals surface area contributed by atoms with Crippen molar-refractivity contribution < 1.29 is 9.13 Å². The lowest BCUT2D eigenvalue weighted by atomic mass is 9.99. The number of hydrogen-bond donors (Lipinski definition) is 1. The third-order valence-electron chi connectivity index (χ3n) is 5.76. The number of morpholine rings is 1. The zero-order valence-corrected chi connectivity index (χ0v) is 17.2. The minimum atomic E-state index is -0.264. The van der Waals surface area contributed by atoms with Crippen LogP contribution in [0.4, 0.5) is 10.2 Å². The molecule has 1 aliphatic rings. The number of hydrogen-bond acceptors (Lipinski definition) is 5. The maximum atomic E-state index is 13.7. The Morgan fingerprint density at radius 2 is 1.81 bits per heavy atom. The maximum absolute atomic E-state index is 13.7. The Hall–Kier alpha value is -3.29. The second-order valence-electron chi connectivity index (χ2n) is 7.78. The number of halogens is 1. The van der Waals surface area contributed by atoms with E-state index >= 15 is 0 Å². The fraction of sp³-hybridized carbons (Fsp3) is 0.250. The summed E-state index contributed by atoms with van der Waals surface area (Å²) >= 11 is 0. The average Bonchev–Trinajstić information content (AvgIpc) is 3.27. The SMILES string of the molecule is Nc1ncc(-c2cn(CCN3CCOCC3)cn2)c2ccc(-c3cccc(F)c3)cc12. The van der Waals surface area contributed by atoms with Gasteiger partial charge in [-0.3, -0.25) is 4.90 Å². The van der Waals surface area contributed by atoms with Crippen molar-refractivity contribution in [1.82, 2.24) is 19.4 Å². The van der Waals surface area contributed by atoms with Crippen LogP contribution in [-0.4, -0.2) is 52.3 Å². The lowest BCUT2D eigenvalue weighted by molar-refractivity contribution is 0.0364. The van der Waals surface area contributed by atoms with Gasteiger partial charge in [-0.05, 0) is 34.7 Å². The molecule has 0 bridgehead atoms. The minimum Gasteiger partial charge on any atom is -0.383 e. The van der Waals surface area contributed by atoms with Gasteiger partial charge in [-0.1, -0.05) is 24.3 Å². The number of nitrogens with two attached hydrogens (primary N) is 1. The summed E-state index contributed by atoms with van der Waals surface area (Å²) in [6.45, 7) is 5.39. The van der Waals surface area contributed by atoms with Gasteiger partial charge in [-0.2, -0.15) is 0 Å². The predicted octanol–water partition coefficient (Wildman–Crippen LogP) is 3.82. The molecule has 2 aromatic heterocycles. The van der Waals surface area contributed by atoms with E-state index in [1.54, 1.807) is 12.3 Å². The molecule has 7 heteroatoms. The third kappa shape index (κ3) is 4.15. The second kappa shape index (κ2) is 8.45. The predicted molar refractivity (Wildman–Crippen MR) is 120 cm³/mol. The molecule has 2 aromatic carbocycles. The molecule has 158 valence electrons. The number of fused-ring (bicyclic) bond motifs is 1. The van der Waals surface area contributed by atoms with Crippen LogP contribution in [0, 0.1) is 5.82 Å². The molecule has 2 N–H and O–H groups in total. The molecule has 1 saturated heterocycles. The molecule has 0 saturated carbocycles. The highest BCUT2D eigenvalue weighted by molar-refractivity contribution is 6.02. The number of imidazole rings is 1. The molecule has 0 unspecified atom stereocenters. The van der Waals surface area contributed by atoms with Crippen molar-refractivity contribution in [3.05, 3.63) is 67.0 Å². The van der Waals surface area contributed by atoms with Crippen molar-refractivity contribution in [2.24, 2.45) is 0 Å². The summed E-state index contributed by atoms with van der Waals surface area (Å²) in [5, 5.41) is 1.81. The smallest absolute Gasteiger partial charge is 0.131 e. The maximum Gasteiger partial charge on any atom is 0.131 e. The van der Waals surface area contributed by atoms with E-state index in [1.807, 2.05) is 36.8 Å². The lowest BCUT2D eigenvalue weighted by Gasteiger charge is -2.26. The molecule has 3 heterocycles. The van der Waals surface area contributed by atoms with Gasteiger partial charge < -0.3 is 15.0 Å². The first-order chi connectivity index (χ1) is 15.2. The molecule has 1 fully saturated rings. The molecular weight excluding hydrogens is 393 g/mol.